The molecule has 4 nitrogen and oxygen atoms in total. The molecule has 0 aliphatic carbocycles. The van der Waals surface area contributed by atoms with Gasteiger partial charge in [-0.3, -0.25) is 0 Å². The monoisotopic (exact) mass is 295 g/mol. The number of ether oxygens (including phenoxy) is 1. The Kier molecular flexibility index (Phi) is 4.71. The third kappa shape index (κ3) is 3.86. The van der Waals surface area contributed by atoms with Crippen LogP contribution in [0, 0.1) is 0 Å². The summed E-state index contributed by atoms with van der Waals surface area (Å²) in [7, 11) is 2.12. The topological polar surface area (TPSA) is 29.8 Å². The van der Waals surface area contributed by atoms with E-state index in [1.54, 1.807) is 0 Å². The maximum Gasteiger partial charge on any atom is 0.233 e. The highest BCUT2D eigenvalue weighted by molar-refractivity contribution is 5.48. The summed E-state index contributed by atoms with van der Waals surface area (Å²) in [5.74, 6) is 0.683. The average Bonchev–Trinajstić information content (AvgIpc) is 2.96. The summed E-state index contributed by atoms with van der Waals surface area (Å²) in [6.45, 7) is 2.56. The molecule has 0 radical (unpaired) electrons. The number of likely N-dealkylation sites (N-methyl/N-ethyl adjacent to an activating group) is 1. The van der Waals surface area contributed by atoms with Crippen LogP contribution in [-0.4, -0.2) is 41.3 Å². The van der Waals surface area contributed by atoms with Gasteiger partial charge in [-0.25, -0.2) is 4.52 Å². The number of nitrogens with zero attached hydrogens (tertiary/aromatic N) is 3. The van der Waals surface area contributed by atoms with Crippen LogP contribution in [0.3, 0.4) is 0 Å². The van der Waals surface area contributed by atoms with Gasteiger partial charge in [-0.15, -0.1) is 5.10 Å². The van der Waals surface area contributed by atoms with Crippen molar-refractivity contribution in [2.75, 3.05) is 26.7 Å². The summed E-state index contributed by atoms with van der Waals surface area (Å²) in [4.78, 5) is 2.28. The Labute approximate surface area is 130 Å². The molecule has 0 fully saturated rings. The van der Waals surface area contributed by atoms with E-state index in [0.717, 1.165) is 25.0 Å². The van der Waals surface area contributed by atoms with Crippen LogP contribution in [0.25, 0.3) is 5.52 Å². The van der Waals surface area contributed by atoms with Gasteiger partial charge in [-0.2, -0.15) is 0 Å². The van der Waals surface area contributed by atoms with Crippen LogP contribution in [0.5, 0.6) is 5.88 Å². The summed E-state index contributed by atoms with van der Waals surface area (Å²) in [5, 5.41) is 4.38. The predicted octanol–water partition coefficient (Wildman–Crippen LogP) is 2.89. The fraction of sp³-hybridized carbons (Fsp3) is 0.278. The highest BCUT2D eigenvalue weighted by Gasteiger charge is 2.03. The zero-order chi connectivity index (χ0) is 15.2. The fourth-order valence-corrected chi connectivity index (χ4v) is 2.37. The summed E-state index contributed by atoms with van der Waals surface area (Å²) in [6, 6.07) is 18.5. The maximum absolute atomic E-state index is 5.74. The van der Waals surface area contributed by atoms with Gasteiger partial charge in [0.1, 0.15) is 6.61 Å². The maximum atomic E-state index is 5.74. The van der Waals surface area contributed by atoms with E-state index in [1.165, 1.54) is 5.56 Å². The minimum Gasteiger partial charge on any atom is -0.475 e. The van der Waals surface area contributed by atoms with Crippen LogP contribution in [0.4, 0.5) is 0 Å². The van der Waals surface area contributed by atoms with Gasteiger partial charge in [0, 0.05) is 25.4 Å². The Bertz CT molecular complexity index is 675. The molecule has 0 aliphatic rings. The lowest BCUT2D eigenvalue weighted by Gasteiger charge is -2.16. The van der Waals surface area contributed by atoms with Gasteiger partial charge in [0.2, 0.25) is 5.88 Å². The van der Waals surface area contributed by atoms with Crippen LogP contribution >= 0.6 is 0 Å². The quantitative estimate of drug-likeness (QED) is 0.671. The van der Waals surface area contributed by atoms with Crippen LogP contribution in [0.15, 0.2) is 60.8 Å². The van der Waals surface area contributed by atoms with Gasteiger partial charge in [-0.1, -0.05) is 36.4 Å². The molecule has 3 rings (SSSR count). The second-order valence-corrected chi connectivity index (χ2v) is 5.44. The Morgan fingerprint density at radius 1 is 1.05 bits per heavy atom. The third-order valence-corrected chi connectivity index (χ3v) is 3.70. The molecule has 0 spiro atoms. The van der Waals surface area contributed by atoms with Gasteiger partial charge in [0.25, 0.3) is 0 Å². The van der Waals surface area contributed by atoms with Gasteiger partial charge in [0.05, 0.1) is 5.52 Å². The molecule has 2 heterocycles. The number of rotatable bonds is 7. The van der Waals surface area contributed by atoms with E-state index >= 15 is 0 Å². The Balaban J connectivity index is 1.42. The van der Waals surface area contributed by atoms with Crippen LogP contribution in [0.2, 0.25) is 0 Å². The molecule has 22 heavy (non-hydrogen) atoms. The molecule has 1 aromatic carbocycles. The molecule has 0 amide bonds. The van der Waals surface area contributed by atoms with Gasteiger partial charge in [-0.05, 0) is 31.2 Å². The minimum absolute atomic E-state index is 0.648. The molecule has 0 bridgehead atoms. The summed E-state index contributed by atoms with van der Waals surface area (Å²) < 4.78 is 7.57. The van der Waals surface area contributed by atoms with Crippen molar-refractivity contribution in [3.05, 3.63) is 66.4 Å². The van der Waals surface area contributed by atoms with E-state index < -0.39 is 0 Å². The van der Waals surface area contributed by atoms with E-state index in [0.29, 0.717) is 12.5 Å². The second-order valence-electron chi connectivity index (χ2n) is 5.44. The van der Waals surface area contributed by atoms with Crippen LogP contribution < -0.4 is 4.74 Å². The van der Waals surface area contributed by atoms with Crippen molar-refractivity contribution in [3.8, 4) is 5.88 Å². The zero-order valence-electron chi connectivity index (χ0n) is 12.9. The fourth-order valence-electron chi connectivity index (χ4n) is 2.37. The first-order valence-corrected chi connectivity index (χ1v) is 7.61. The number of aromatic nitrogens is 2. The third-order valence-electron chi connectivity index (χ3n) is 3.70. The molecule has 0 unspecified atom stereocenters. The van der Waals surface area contributed by atoms with E-state index in [4.69, 9.17) is 4.74 Å². The van der Waals surface area contributed by atoms with E-state index in [2.05, 4.69) is 47.4 Å². The molecule has 114 valence electrons. The van der Waals surface area contributed by atoms with E-state index in [9.17, 15) is 0 Å². The molecule has 0 atom stereocenters. The van der Waals surface area contributed by atoms with Gasteiger partial charge >= 0.3 is 0 Å². The molecular weight excluding hydrogens is 274 g/mol. The van der Waals surface area contributed by atoms with Crippen molar-refractivity contribution in [3.63, 3.8) is 0 Å². The van der Waals surface area contributed by atoms with Crippen LogP contribution in [0.1, 0.15) is 5.56 Å². The van der Waals surface area contributed by atoms with Crippen molar-refractivity contribution in [2.24, 2.45) is 0 Å². The number of hydrogen-bond acceptors (Lipinski definition) is 3. The molecule has 0 aliphatic heterocycles. The molecular formula is C18H21N3O. The lowest BCUT2D eigenvalue weighted by molar-refractivity contribution is 0.232. The predicted molar refractivity (Wildman–Crippen MR) is 88.3 cm³/mol. The Morgan fingerprint density at radius 2 is 1.86 bits per heavy atom. The number of fused-ring (bicyclic) bond motifs is 1. The van der Waals surface area contributed by atoms with E-state index in [-0.39, 0.29) is 0 Å². The standard InChI is InChI=1S/C18H21N3O/c1-20(12-10-16-7-3-2-4-8-16)13-14-22-18-15-17-9-5-6-11-21(17)19-18/h2-9,11,15H,10,12-14H2,1H3. The first-order valence-electron chi connectivity index (χ1n) is 7.61. The van der Waals surface area contributed by atoms with Crippen molar-refractivity contribution in [1.29, 1.82) is 0 Å². The summed E-state index contributed by atoms with van der Waals surface area (Å²) in [6.07, 6.45) is 2.99. The Morgan fingerprint density at radius 3 is 2.68 bits per heavy atom. The first-order chi connectivity index (χ1) is 10.8. The highest BCUT2D eigenvalue weighted by Crippen LogP contribution is 2.12. The molecule has 3 aromatic rings. The number of pyridine rings is 1. The van der Waals surface area contributed by atoms with Gasteiger partial charge in [0.15, 0.2) is 0 Å². The Hall–Kier alpha value is -2.33. The first kappa shape index (κ1) is 14.6. The highest BCUT2D eigenvalue weighted by atomic mass is 16.5. The van der Waals surface area contributed by atoms with Gasteiger partial charge < -0.3 is 9.64 Å². The molecule has 0 saturated heterocycles. The normalized spacial score (nSPS) is 11.2. The second kappa shape index (κ2) is 7.09. The minimum atomic E-state index is 0.648. The number of benzene rings is 1. The largest absolute Gasteiger partial charge is 0.475 e. The zero-order valence-corrected chi connectivity index (χ0v) is 12.9. The molecule has 2 aromatic heterocycles. The number of hydrogen-bond donors (Lipinski definition) is 0. The van der Waals surface area contributed by atoms with Crippen molar-refractivity contribution in [1.82, 2.24) is 14.5 Å². The van der Waals surface area contributed by atoms with Crippen molar-refractivity contribution < 1.29 is 4.74 Å². The average molecular weight is 295 g/mol. The van der Waals surface area contributed by atoms with Crippen molar-refractivity contribution >= 4 is 5.52 Å². The lowest BCUT2D eigenvalue weighted by Crippen LogP contribution is -2.26. The SMILES string of the molecule is CN(CCOc1cc2ccccn2n1)CCc1ccccc1. The molecule has 4 heteroatoms. The lowest BCUT2D eigenvalue weighted by atomic mass is 10.1. The van der Waals surface area contributed by atoms with E-state index in [1.807, 2.05) is 35.0 Å². The summed E-state index contributed by atoms with van der Waals surface area (Å²) in [5.41, 5.74) is 2.42. The smallest absolute Gasteiger partial charge is 0.233 e. The molecule has 0 N–H and O–H groups in total. The van der Waals surface area contributed by atoms with Crippen LogP contribution in [-0.2, 0) is 6.42 Å². The summed E-state index contributed by atoms with van der Waals surface area (Å²) >= 11 is 0. The molecule has 0 saturated carbocycles. The van der Waals surface area contributed by atoms with Crippen molar-refractivity contribution in [2.45, 2.75) is 6.42 Å².